The fourth-order valence-corrected chi connectivity index (χ4v) is 5.67. The molecule has 4 nitrogen and oxygen atoms in total. The molecule has 24 heavy (non-hydrogen) atoms. The monoisotopic (exact) mass is 366 g/mol. The molecule has 0 aromatic heterocycles. The average Bonchev–Trinajstić information content (AvgIpc) is 2.49. The minimum absolute atomic E-state index is 0.179. The van der Waals surface area contributed by atoms with E-state index in [1.807, 2.05) is 0 Å². The molecule has 0 saturated heterocycles. The molecule has 0 aliphatic heterocycles. The molecular formula is C18H20Cl2N2O2. The first-order valence-electron chi connectivity index (χ1n) is 8.51. The van der Waals surface area contributed by atoms with Crippen molar-refractivity contribution in [2.75, 3.05) is 5.32 Å². The number of anilines is 1. The predicted octanol–water partition coefficient (Wildman–Crippen LogP) is 4.02. The van der Waals surface area contributed by atoms with Crippen molar-refractivity contribution in [2.24, 2.45) is 17.8 Å². The standard InChI is InChI=1S/C18H20Cl2N2O2/c19-13-1-2-14(20)15(6-13)21-16(23)17(24)22-18-7-10-3-11(8-18)5-12(4-10)9-18/h1-2,6,10-12H,3-5,7-9H2,(H,21,23)(H,22,24). The number of amides is 2. The molecule has 128 valence electrons. The van der Waals surface area contributed by atoms with E-state index in [1.165, 1.54) is 19.3 Å². The van der Waals surface area contributed by atoms with Gasteiger partial charge in [-0.15, -0.1) is 0 Å². The number of carbonyl (C=O) groups is 2. The molecule has 0 heterocycles. The molecule has 0 spiro atoms. The van der Waals surface area contributed by atoms with Crippen LogP contribution in [0.1, 0.15) is 38.5 Å². The van der Waals surface area contributed by atoms with Gasteiger partial charge in [-0.05, 0) is 74.5 Å². The van der Waals surface area contributed by atoms with Crippen molar-refractivity contribution in [1.82, 2.24) is 5.32 Å². The molecule has 5 rings (SSSR count). The number of hydrogen-bond donors (Lipinski definition) is 2. The van der Waals surface area contributed by atoms with Crippen LogP contribution in [0, 0.1) is 17.8 Å². The number of rotatable bonds is 2. The molecule has 2 amide bonds. The summed E-state index contributed by atoms with van der Waals surface area (Å²) in [5.74, 6) is 0.869. The number of carbonyl (C=O) groups excluding carboxylic acids is 2. The van der Waals surface area contributed by atoms with Gasteiger partial charge in [-0.25, -0.2) is 0 Å². The lowest BCUT2D eigenvalue weighted by Gasteiger charge is -2.56. The number of nitrogens with one attached hydrogen (secondary N) is 2. The van der Waals surface area contributed by atoms with Crippen LogP contribution in [-0.2, 0) is 9.59 Å². The highest BCUT2D eigenvalue weighted by Gasteiger charge is 2.51. The van der Waals surface area contributed by atoms with Gasteiger partial charge in [0.15, 0.2) is 0 Å². The number of hydrogen-bond acceptors (Lipinski definition) is 2. The molecule has 0 atom stereocenters. The van der Waals surface area contributed by atoms with Gasteiger partial charge in [-0.1, -0.05) is 23.2 Å². The summed E-state index contributed by atoms with van der Waals surface area (Å²) >= 11 is 12.0. The maximum atomic E-state index is 12.4. The summed E-state index contributed by atoms with van der Waals surface area (Å²) in [6.45, 7) is 0. The summed E-state index contributed by atoms with van der Waals surface area (Å²) in [7, 11) is 0. The van der Waals surface area contributed by atoms with Crippen molar-refractivity contribution in [1.29, 1.82) is 0 Å². The smallest absolute Gasteiger partial charge is 0.313 e. The van der Waals surface area contributed by atoms with Crippen molar-refractivity contribution in [3.05, 3.63) is 28.2 Å². The molecule has 4 fully saturated rings. The van der Waals surface area contributed by atoms with E-state index >= 15 is 0 Å². The van der Waals surface area contributed by atoms with Crippen molar-refractivity contribution >= 4 is 40.7 Å². The Morgan fingerprint density at radius 2 is 1.54 bits per heavy atom. The van der Waals surface area contributed by atoms with Gasteiger partial charge in [0.25, 0.3) is 0 Å². The van der Waals surface area contributed by atoms with Crippen molar-refractivity contribution in [3.8, 4) is 0 Å². The van der Waals surface area contributed by atoms with E-state index in [1.54, 1.807) is 18.2 Å². The van der Waals surface area contributed by atoms with E-state index in [0.29, 0.717) is 33.5 Å². The van der Waals surface area contributed by atoms with Crippen LogP contribution < -0.4 is 10.6 Å². The van der Waals surface area contributed by atoms with Crippen molar-refractivity contribution in [3.63, 3.8) is 0 Å². The fraction of sp³-hybridized carbons (Fsp3) is 0.556. The van der Waals surface area contributed by atoms with E-state index in [-0.39, 0.29) is 5.54 Å². The lowest BCUT2D eigenvalue weighted by molar-refractivity contribution is -0.139. The fourth-order valence-electron chi connectivity index (χ4n) is 5.33. The second-order valence-corrected chi connectivity index (χ2v) is 8.57. The zero-order chi connectivity index (χ0) is 16.9. The van der Waals surface area contributed by atoms with Crippen molar-refractivity contribution < 1.29 is 9.59 Å². The average molecular weight is 367 g/mol. The molecule has 0 unspecified atom stereocenters. The van der Waals surface area contributed by atoms with Crippen LogP contribution >= 0.6 is 23.2 Å². The molecule has 2 N–H and O–H groups in total. The summed E-state index contributed by atoms with van der Waals surface area (Å²) in [6, 6.07) is 4.77. The normalized spacial score (nSPS) is 33.3. The second-order valence-electron chi connectivity index (χ2n) is 7.73. The topological polar surface area (TPSA) is 58.2 Å². The molecule has 4 saturated carbocycles. The van der Waals surface area contributed by atoms with E-state index < -0.39 is 11.8 Å². The van der Waals surface area contributed by atoms with Crippen LogP contribution in [0.15, 0.2) is 18.2 Å². The number of halogens is 2. The molecular weight excluding hydrogens is 347 g/mol. The molecule has 1 aromatic rings. The predicted molar refractivity (Wildman–Crippen MR) is 94.1 cm³/mol. The van der Waals surface area contributed by atoms with Crippen LogP contribution in [0.2, 0.25) is 10.0 Å². The first kappa shape index (κ1) is 16.2. The summed E-state index contributed by atoms with van der Waals surface area (Å²) in [6.07, 6.45) is 6.90. The quantitative estimate of drug-likeness (QED) is 0.776. The molecule has 0 radical (unpaired) electrons. The van der Waals surface area contributed by atoms with E-state index in [0.717, 1.165) is 19.3 Å². The third kappa shape index (κ3) is 3.02. The minimum atomic E-state index is -0.685. The Morgan fingerprint density at radius 1 is 0.958 bits per heavy atom. The van der Waals surface area contributed by atoms with Crippen LogP contribution in [0.3, 0.4) is 0 Å². The van der Waals surface area contributed by atoms with Crippen LogP contribution in [0.25, 0.3) is 0 Å². The molecule has 1 aromatic carbocycles. The first-order valence-corrected chi connectivity index (χ1v) is 9.27. The first-order chi connectivity index (χ1) is 11.4. The highest BCUT2D eigenvalue weighted by Crippen LogP contribution is 2.55. The highest BCUT2D eigenvalue weighted by molar-refractivity contribution is 6.42. The van der Waals surface area contributed by atoms with Crippen LogP contribution in [0.4, 0.5) is 5.69 Å². The van der Waals surface area contributed by atoms with Crippen molar-refractivity contribution in [2.45, 2.75) is 44.1 Å². The lowest BCUT2D eigenvalue weighted by atomic mass is 9.53. The summed E-state index contributed by atoms with van der Waals surface area (Å²) in [5.41, 5.74) is 0.177. The van der Waals surface area contributed by atoms with Gasteiger partial charge in [0, 0.05) is 10.6 Å². The Balaban J connectivity index is 1.44. The second kappa shape index (κ2) is 5.92. The minimum Gasteiger partial charge on any atom is -0.342 e. The maximum absolute atomic E-state index is 12.4. The van der Waals surface area contributed by atoms with Gasteiger partial charge >= 0.3 is 11.8 Å². The summed E-state index contributed by atoms with van der Waals surface area (Å²) in [4.78, 5) is 24.7. The maximum Gasteiger partial charge on any atom is 0.313 e. The Labute approximate surface area is 151 Å². The number of benzene rings is 1. The van der Waals surface area contributed by atoms with Crippen LogP contribution in [0.5, 0.6) is 0 Å². The molecule has 4 aliphatic carbocycles. The Morgan fingerprint density at radius 3 is 2.12 bits per heavy atom. The third-order valence-electron chi connectivity index (χ3n) is 5.80. The van der Waals surface area contributed by atoms with E-state index in [9.17, 15) is 9.59 Å². The lowest BCUT2D eigenvalue weighted by Crippen LogP contribution is -2.61. The van der Waals surface area contributed by atoms with Gasteiger partial charge in [-0.3, -0.25) is 9.59 Å². The van der Waals surface area contributed by atoms with E-state index in [2.05, 4.69) is 10.6 Å². The Hall–Kier alpha value is -1.26. The van der Waals surface area contributed by atoms with E-state index in [4.69, 9.17) is 23.2 Å². The zero-order valence-electron chi connectivity index (χ0n) is 13.3. The van der Waals surface area contributed by atoms with Gasteiger partial charge in [0.1, 0.15) is 0 Å². The SMILES string of the molecule is O=C(Nc1cc(Cl)ccc1Cl)C(=O)NC12CC3CC(CC(C3)C1)C2. The molecule has 4 aliphatic rings. The van der Waals surface area contributed by atoms with Crippen LogP contribution in [-0.4, -0.2) is 17.4 Å². The van der Waals surface area contributed by atoms with Gasteiger partial charge in [0.2, 0.25) is 0 Å². The highest BCUT2D eigenvalue weighted by atomic mass is 35.5. The van der Waals surface area contributed by atoms with Gasteiger partial charge in [0.05, 0.1) is 10.7 Å². The molecule has 6 heteroatoms. The largest absolute Gasteiger partial charge is 0.342 e. The van der Waals surface area contributed by atoms with Gasteiger partial charge < -0.3 is 10.6 Å². The zero-order valence-corrected chi connectivity index (χ0v) is 14.8. The van der Waals surface area contributed by atoms with Gasteiger partial charge in [-0.2, -0.15) is 0 Å². The third-order valence-corrected chi connectivity index (χ3v) is 6.36. The molecule has 4 bridgehead atoms. The Kier molecular flexibility index (Phi) is 4.00. The summed E-state index contributed by atoms with van der Waals surface area (Å²) < 4.78 is 0. The Bertz CT molecular complexity index is 669. The summed E-state index contributed by atoms with van der Waals surface area (Å²) in [5, 5.41) is 6.43.